The van der Waals surface area contributed by atoms with Crippen molar-refractivity contribution in [2.24, 2.45) is 11.3 Å². The molecule has 1 unspecified atom stereocenters. The van der Waals surface area contributed by atoms with E-state index in [0.717, 1.165) is 25.9 Å². The summed E-state index contributed by atoms with van der Waals surface area (Å²) in [6, 6.07) is 0. The smallest absolute Gasteiger partial charge is 0.306 e. The summed E-state index contributed by atoms with van der Waals surface area (Å²) in [6.45, 7) is 4.93. The number of carbonyl (C=O) groups is 2. The molecule has 0 radical (unpaired) electrons. The molecule has 0 aliphatic carbocycles. The van der Waals surface area contributed by atoms with Crippen LogP contribution >= 0.6 is 0 Å². The fraction of sp³-hybridized carbons (Fsp3) is 0.846. The van der Waals surface area contributed by atoms with Gasteiger partial charge in [0.15, 0.2) is 0 Å². The van der Waals surface area contributed by atoms with E-state index < -0.39 is 5.97 Å². The molecular formula is C13H22N2O3. The van der Waals surface area contributed by atoms with Crippen LogP contribution in [-0.4, -0.2) is 48.1 Å². The number of carboxylic acids is 1. The van der Waals surface area contributed by atoms with Crippen molar-refractivity contribution in [2.45, 2.75) is 32.6 Å². The molecule has 5 heteroatoms. The minimum atomic E-state index is -0.729. The van der Waals surface area contributed by atoms with Gasteiger partial charge in [0.25, 0.3) is 0 Å². The molecule has 0 aromatic rings. The van der Waals surface area contributed by atoms with Crippen LogP contribution in [0.1, 0.15) is 32.6 Å². The van der Waals surface area contributed by atoms with Gasteiger partial charge in [-0.25, -0.2) is 0 Å². The van der Waals surface area contributed by atoms with E-state index in [2.05, 4.69) is 5.32 Å². The Bertz CT molecular complexity index is 329. The highest BCUT2D eigenvalue weighted by Gasteiger charge is 2.39. The number of aliphatic carboxylic acids is 1. The van der Waals surface area contributed by atoms with Crippen LogP contribution in [0, 0.1) is 11.3 Å². The lowest BCUT2D eigenvalue weighted by Gasteiger charge is -2.39. The SMILES string of the molecule is CC1(C(=O)N2CCC(C(=O)O)CC2)CCCNC1. The van der Waals surface area contributed by atoms with Crippen molar-refractivity contribution < 1.29 is 14.7 Å². The third-order valence-corrected chi connectivity index (χ3v) is 4.24. The highest BCUT2D eigenvalue weighted by atomic mass is 16.4. The molecule has 2 N–H and O–H groups in total. The maximum Gasteiger partial charge on any atom is 0.306 e. The number of nitrogens with one attached hydrogen (secondary N) is 1. The molecule has 1 atom stereocenters. The number of hydrogen-bond donors (Lipinski definition) is 2. The molecule has 0 saturated carbocycles. The van der Waals surface area contributed by atoms with Gasteiger partial charge in [-0.3, -0.25) is 9.59 Å². The van der Waals surface area contributed by atoms with Crippen LogP contribution in [-0.2, 0) is 9.59 Å². The predicted molar refractivity (Wildman–Crippen MR) is 67.2 cm³/mol. The first-order chi connectivity index (χ1) is 8.53. The fourth-order valence-electron chi connectivity index (χ4n) is 2.95. The van der Waals surface area contributed by atoms with Crippen molar-refractivity contribution in [3.8, 4) is 0 Å². The Morgan fingerprint density at radius 3 is 2.50 bits per heavy atom. The summed E-state index contributed by atoms with van der Waals surface area (Å²) >= 11 is 0. The van der Waals surface area contributed by atoms with Gasteiger partial charge in [-0.2, -0.15) is 0 Å². The van der Waals surface area contributed by atoms with E-state index >= 15 is 0 Å². The van der Waals surface area contributed by atoms with Crippen LogP contribution in [0.25, 0.3) is 0 Å². The van der Waals surface area contributed by atoms with Crippen LogP contribution in [0.15, 0.2) is 0 Å². The van der Waals surface area contributed by atoms with Crippen LogP contribution in [0.2, 0.25) is 0 Å². The Labute approximate surface area is 108 Å². The number of rotatable bonds is 2. The average molecular weight is 254 g/mol. The summed E-state index contributed by atoms with van der Waals surface area (Å²) in [7, 11) is 0. The summed E-state index contributed by atoms with van der Waals surface area (Å²) < 4.78 is 0. The molecule has 0 aromatic carbocycles. The van der Waals surface area contributed by atoms with Crippen LogP contribution < -0.4 is 5.32 Å². The quantitative estimate of drug-likeness (QED) is 0.761. The minimum absolute atomic E-state index is 0.193. The molecule has 2 saturated heterocycles. The van der Waals surface area contributed by atoms with E-state index in [-0.39, 0.29) is 17.2 Å². The van der Waals surface area contributed by atoms with Crippen molar-refractivity contribution in [2.75, 3.05) is 26.2 Å². The van der Waals surface area contributed by atoms with Crippen molar-refractivity contribution in [3.63, 3.8) is 0 Å². The Hall–Kier alpha value is -1.10. The van der Waals surface area contributed by atoms with Crippen molar-refractivity contribution in [1.82, 2.24) is 10.2 Å². The first-order valence-electron chi connectivity index (χ1n) is 6.76. The first kappa shape index (κ1) is 13.3. The second kappa shape index (κ2) is 5.26. The van der Waals surface area contributed by atoms with E-state index in [4.69, 9.17) is 5.11 Å². The van der Waals surface area contributed by atoms with Gasteiger partial charge < -0.3 is 15.3 Å². The molecule has 1 amide bonds. The maximum atomic E-state index is 12.5. The van der Waals surface area contributed by atoms with Gasteiger partial charge in [0, 0.05) is 19.6 Å². The molecule has 2 rings (SSSR count). The lowest BCUT2D eigenvalue weighted by atomic mass is 9.80. The zero-order valence-electron chi connectivity index (χ0n) is 10.9. The summed E-state index contributed by atoms with van der Waals surface area (Å²) in [6.07, 6.45) is 3.14. The molecule has 102 valence electrons. The molecular weight excluding hydrogens is 232 g/mol. The summed E-state index contributed by atoms with van der Waals surface area (Å²) in [5.74, 6) is -0.808. The monoisotopic (exact) mass is 254 g/mol. The average Bonchev–Trinajstić information content (AvgIpc) is 2.39. The maximum absolute atomic E-state index is 12.5. The molecule has 2 fully saturated rings. The van der Waals surface area contributed by atoms with Gasteiger partial charge in [-0.1, -0.05) is 0 Å². The van der Waals surface area contributed by atoms with Gasteiger partial charge >= 0.3 is 5.97 Å². The van der Waals surface area contributed by atoms with Crippen LogP contribution in [0.4, 0.5) is 0 Å². The van der Waals surface area contributed by atoms with E-state index in [1.807, 2.05) is 11.8 Å². The molecule has 18 heavy (non-hydrogen) atoms. The Balaban J connectivity index is 1.92. The molecule has 0 bridgehead atoms. The highest BCUT2D eigenvalue weighted by molar-refractivity contribution is 5.83. The van der Waals surface area contributed by atoms with E-state index in [1.54, 1.807) is 0 Å². The summed E-state index contributed by atoms with van der Waals surface area (Å²) in [5.41, 5.74) is -0.297. The van der Waals surface area contributed by atoms with Crippen molar-refractivity contribution >= 4 is 11.9 Å². The topological polar surface area (TPSA) is 69.6 Å². The zero-order valence-corrected chi connectivity index (χ0v) is 10.9. The molecule has 0 spiro atoms. The normalized spacial score (nSPS) is 30.2. The van der Waals surface area contributed by atoms with E-state index in [9.17, 15) is 9.59 Å². The number of carbonyl (C=O) groups excluding carboxylic acids is 1. The molecule has 2 aliphatic heterocycles. The fourth-order valence-corrected chi connectivity index (χ4v) is 2.95. The third-order valence-electron chi connectivity index (χ3n) is 4.24. The number of likely N-dealkylation sites (tertiary alicyclic amines) is 1. The van der Waals surface area contributed by atoms with Crippen molar-refractivity contribution in [3.05, 3.63) is 0 Å². The Kier molecular flexibility index (Phi) is 3.90. The van der Waals surface area contributed by atoms with Gasteiger partial charge in [0.1, 0.15) is 0 Å². The number of piperidine rings is 2. The van der Waals surface area contributed by atoms with Crippen LogP contribution in [0.3, 0.4) is 0 Å². The second-order valence-corrected chi connectivity index (χ2v) is 5.75. The van der Waals surface area contributed by atoms with Gasteiger partial charge in [-0.05, 0) is 39.2 Å². The second-order valence-electron chi connectivity index (χ2n) is 5.75. The van der Waals surface area contributed by atoms with E-state index in [0.29, 0.717) is 25.9 Å². The minimum Gasteiger partial charge on any atom is -0.481 e. The lowest BCUT2D eigenvalue weighted by molar-refractivity contribution is -0.149. The standard InChI is InChI=1S/C13H22N2O3/c1-13(5-2-6-14-9-13)12(18)15-7-3-10(4-8-15)11(16)17/h10,14H,2-9H2,1H3,(H,16,17). The number of hydrogen-bond acceptors (Lipinski definition) is 3. The molecule has 2 heterocycles. The van der Waals surface area contributed by atoms with Gasteiger partial charge in [-0.15, -0.1) is 0 Å². The molecule has 0 aromatic heterocycles. The summed E-state index contributed by atoms with van der Waals surface area (Å²) in [4.78, 5) is 25.2. The molecule has 2 aliphatic rings. The van der Waals surface area contributed by atoms with Gasteiger partial charge in [0.05, 0.1) is 11.3 Å². The highest BCUT2D eigenvalue weighted by Crippen LogP contribution is 2.30. The Morgan fingerprint density at radius 2 is 2.00 bits per heavy atom. The van der Waals surface area contributed by atoms with Gasteiger partial charge in [0.2, 0.25) is 5.91 Å². The largest absolute Gasteiger partial charge is 0.481 e. The predicted octanol–water partition coefficient (Wildman–Crippen LogP) is 0.699. The van der Waals surface area contributed by atoms with E-state index in [1.165, 1.54) is 0 Å². The number of amides is 1. The Morgan fingerprint density at radius 1 is 1.33 bits per heavy atom. The number of carboxylic acid groups (broad SMARTS) is 1. The summed E-state index contributed by atoms with van der Waals surface area (Å²) in [5, 5.41) is 12.2. The third kappa shape index (κ3) is 2.66. The zero-order chi connectivity index (χ0) is 13.2. The van der Waals surface area contributed by atoms with Crippen LogP contribution in [0.5, 0.6) is 0 Å². The van der Waals surface area contributed by atoms with Crippen molar-refractivity contribution in [1.29, 1.82) is 0 Å². The molecule has 5 nitrogen and oxygen atoms in total. The lowest BCUT2D eigenvalue weighted by Crippen LogP contribution is -2.52. The first-order valence-corrected chi connectivity index (χ1v) is 6.76. The number of nitrogens with zero attached hydrogens (tertiary/aromatic N) is 1.